The number of hydrogen-bond donors (Lipinski definition) is 1. The summed E-state index contributed by atoms with van der Waals surface area (Å²) in [6.45, 7) is 2.44. The van der Waals surface area contributed by atoms with Crippen LogP contribution in [0.2, 0.25) is 0 Å². The van der Waals surface area contributed by atoms with Gasteiger partial charge < -0.3 is 14.8 Å². The first-order chi connectivity index (χ1) is 14.1. The molecule has 0 fully saturated rings. The lowest BCUT2D eigenvalue weighted by Crippen LogP contribution is -2.16. The summed E-state index contributed by atoms with van der Waals surface area (Å²) in [5, 5.41) is 11.4. The van der Waals surface area contributed by atoms with E-state index in [9.17, 15) is 9.59 Å². The SMILES string of the molecule is CC(=O)Nc1cccc(-n2cnnc2SCC(=O)c2ccc3c(c2)OCCO3)c1. The molecule has 8 nitrogen and oxygen atoms in total. The number of Topliss-reactive ketones (excluding diaryl/α,β-unsaturated/α-hetero) is 1. The second-order valence-corrected chi connectivity index (χ2v) is 7.23. The van der Waals surface area contributed by atoms with Crippen molar-refractivity contribution in [3.63, 3.8) is 0 Å². The van der Waals surface area contributed by atoms with E-state index in [0.29, 0.717) is 41.1 Å². The largest absolute Gasteiger partial charge is 0.486 e. The van der Waals surface area contributed by atoms with Gasteiger partial charge in [-0.25, -0.2) is 0 Å². The predicted octanol–water partition coefficient (Wildman–Crippen LogP) is 2.97. The molecule has 0 saturated heterocycles. The summed E-state index contributed by atoms with van der Waals surface area (Å²) in [5.41, 5.74) is 2.02. The first kappa shape index (κ1) is 19.0. The van der Waals surface area contributed by atoms with Gasteiger partial charge in [0.25, 0.3) is 0 Å². The average molecular weight is 410 g/mol. The van der Waals surface area contributed by atoms with Gasteiger partial charge in [0.1, 0.15) is 19.5 Å². The van der Waals surface area contributed by atoms with E-state index in [-0.39, 0.29) is 17.4 Å². The molecule has 4 rings (SSSR count). The molecule has 0 saturated carbocycles. The van der Waals surface area contributed by atoms with Crippen LogP contribution in [-0.4, -0.2) is 45.4 Å². The minimum atomic E-state index is -0.148. The second-order valence-electron chi connectivity index (χ2n) is 6.29. The molecule has 0 bridgehead atoms. The second kappa shape index (κ2) is 8.36. The molecule has 1 aliphatic rings. The summed E-state index contributed by atoms with van der Waals surface area (Å²) in [4.78, 5) is 23.9. The van der Waals surface area contributed by atoms with E-state index in [4.69, 9.17) is 9.47 Å². The molecule has 2 heterocycles. The van der Waals surface area contributed by atoms with Crippen LogP contribution < -0.4 is 14.8 Å². The molecule has 0 atom stereocenters. The summed E-state index contributed by atoms with van der Waals surface area (Å²) in [6, 6.07) is 12.5. The van der Waals surface area contributed by atoms with E-state index in [0.717, 1.165) is 5.69 Å². The highest BCUT2D eigenvalue weighted by Gasteiger charge is 2.16. The minimum absolute atomic E-state index is 0.0477. The standard InChI is InChI=1S/C20H18N4O4S/c1-13(25)22-15-3-2-4-16(10-15)24-12-21-23-20(24)29-11-17(26)14-5-6-18-19(9-14)28-8-7-27-18/h2-6,9-10,12H,7-8,11H2,1H3,(H,22,25). The van der Waals surface area contributed by atoms with Crippen molar-refractivity contribution in [2.75, 3.05) is 24.3 Å². The van der Waals surface area contributed by atoms with Gasteiger partial charge in [0, 0.05) is 18.2 Å². The van der Waals surface area contributed by atoms with Crippen LogP contribution in [0, 0.1) is 0 Å². The van der Waals surface area contributed by atoms with Crippen LogP contribution in [-0.2, 0) is 4.79 Å². The summed E-state index contributed by atoms with van der Waals surface area (Å²) < 4.78 is 12.8. The third-order valence-corrected chi connectivity index (χ3v) is 5.10. The van der Waals surface area contributed by atoms with Crippen molar-refractivity contribution in [1.29, 1.82) is 0 Å². The average Bonchev–Trinajstić information content (AvgIpc) is 3.20. The third kappa shape index (κ3) is 4.40. The maximum absolute atomic E-state index is 12.6. The van der Waals surface area contributed by atoms with E-state index in [1.165, 1.54) is 18.7 Å². The molecule has 1 aliphatic heterocycles. The molecular weight excluding hydrogens is 392 g/mol. The van der Waals surface area contributed by atoms with Gasteiger partial charge in [-0.15, -0.1) is 10.2 Å². The molecule has 1 amide bonds. The maximum Gasteiger partial charge on any atom is 0.221 e. The Labute approximate surface area is 171 Å². The van der Waals surface area contributed by atoms with Crippen LogP contribution in [0.25, 0.3) is 5.69 Å². The van der Waals surface area contributed by atoms with Crippen LogP contribution in [0.15, 0.2) is 53.9 Å². The smallest absolute Gasteiger partial charge is 0.221 e. The van der Waals surface area contributed by atoms with Crippen LogP contribution >= 0.6 is 11.8 Å². The number of thioether (sulfide) groups is 1. The molecule has 0 spiro atoms. The number of fused-ring (bicyclic) bond motifs is 1. The fraction of sp³-hybridized carbons (Fsp3) is 0.200. The number of hydrogen-bond acceptors (Lipinski definition) is 7. The van der Waals surface area contributed by atoms with E-state index in [1.54, 1.807) is 35.2 Å². The lowest BCUT2D eigenvalue weighted by atomic mass is 10.1. The zero-order valence-electron chi connectivity index (χ0n) is 15.6. The molecule has 1 N–H and O–H groups in total. The van der Waals surface area contributed by atoms with Crippen molar-refractivity contribution in [2.45, 2.75) is 12.1 Å². The number of amides is 1. The van der Waals surface area contributed by atoms with E-state index < -0.39 is 0 Å². The number of nitrogens with zero attached hydrogens (tertiary/aromatic N) is 3. The summed E-state index contributed by atoms with van der Waals surface area (Å²) >= 11 is 1.29. The van der Waals surface area contributed by atoms with Crippen molar-refractivity contribution in [1.82, 2.24) is 14.8 Å². The van der Waals surface area contributed by atoms with E-state index in [1.807, 2.05) is 18.2 Å². The number of benzene rings is 2. The van der Waals surface area contributed by atoms with Crippen molar-refractivity contribution in [3.8, 4) is 17.2 Å². The van der Waals surface area contributed by atoms with Crippen molar-refractivity contribution in [3.05, 3.63) is 54.4 Å². The van der Waals surface area contributed by atoms with Gasteiger partial charge in [-0.1, -0.05) is 17.8 Å². The lowest BCUT2D eigenvalue weighted by molar-refractivity contribution is -0.114. The Morgan fingerprint density at radius 3 is 2.79 bits per heavy atom. The molecule has 3 aromatic rings. The summed E-state index contributed by atoms with van der Waals surface area (Å²) in [7, 11) is 0. The highest BCUT2D eigenvalue weighted by atomic mass is 32.2. The van der Waals surface area contributed by atoms with Gasteiger partial charge >= 0.3 is 0 Å². The molecular formula is C20H18N4O4S. The molecule has 0 aliphatic carbocycles. The van der Waals surface area contributed by atoms with Crippen LogP contribution in [0.1, 0.15) is 17.3 Å². The quantitative estimate of drug-likeness (QED) is 0.493. The summed E-state index contributed by atoms with van der Waals surface area (Å²) in [6.07, 6.45) is 1.57. The van der Waals surface area contributed by atoms with Gasteiger partial charge in [-0.05, 0) is 36.4 Å². The fourth-order valence-corrected chi connectivity index (χ4v) is 3.69. The molecule has 2 aromatic carbocycles. The fourth-order valence-electron chi connectivity index (χ4n) is 2.87. The Balaban J connectivity index is 1.47. The summed E-state index contributed by atoms with van der Waals surface area (Å²) in [5.74, 6) is 1.24. The Morgan fingerprint density at radius 2 is 1.97 bits per heavy atom. The molecule has 0 radical (unpaired) electrons. The number of ether oxygens (including phenoxy) is 2. The van der Waals surface area contributed by atoms with Crippen LogP contribution in [0.3, 0.4) is 0 Å². The Kier molecular flexibility index (Phi) is 5.48. The Hall–Kier alpha value is -3.33. The molecule has 148 valence electrons. The molecule has 1 aromatic heterocycles. The van der Waals surface area contributed by atoms with Gasteiger partial charge in [-0.3, -0.25) is 14.2 Å². The monoisotopic (exact) mass is 410 g/mol. The van der Waals surface area contributed by atoms with Gasteiger partial charge in [-0.2, -0.15) is 0 Å². The Bertz CT molecular complexity index is 1070. The maximum atomic E-state index is 12.6. The Morgan fingerprint density at radius 1 is 1.14 bits per heavy atom. The molecule has 9 heteroatoms. The van der Waals surface area contributed by atoms with Crippen molar-refractivity contribution in [2.24, 2.45) is 0 Å². The van der Waals surface area contributed by atoms with Crippen LogP contribution in [0.4, 0.5) is 5.69 Å². The van der Waals surface area contributed by atoms with Crippen molar-refractivity contribution >= 4 is 29.1 Å². The molecule has 29 heavy (non-hydrogen) atoms. The number of carbonyl (C=O) groups excluding carboxylic acids is 2. The number of nitrogens with one attached hydrogen (secondary N) is 1. The number of carbonyl (C=O) groups is 2. The highest BCUT2D eigenvalue weighted by molar-refractivity contribution is 7.99. The van der Waals surface area contributed by atoms with Crippen molar-refractivity contribution < 1.29 is 19.1 Å². The van der Waals surface area contributed by atoms with Gasteiger partial charge in [0.2, 0.25) is 5.91 Å². The number of anilines is 1. The number of rotatable bonds is 6. The first-order valence-electron chi connectivity index (χ1n) is 8.94. The number of ketones is 1. The van der Waals surface area contributed by atoms with E-state index in [2.05, 4.69) is 15.5 Å². The predicted molar refractivity (Wildman–Crippen MR) is 108 cm³/mol. The van der Waals surface area contributed by atoms with E-state index >= 15 is 0 Å². The minimum Gasteiger partial charge on any atom is -0.486 e. The van der Waals surface area contributed by atoms with Gasteiger partial charge in [0.15, 0.2) is 22.4 Å². The normalized spacial score (nSPS) is 12.4. The van der Waals surface area contributed by atoms with Gasteiger partial charge in [0.05, 0.1) is 11.4 Å². The first-order valence-corrected chi connectivity index (χ1v) is 9.92. The number of aromatic nitrogens is 3. The topological polar surface area (TPSA) is 95.3 Å². The zero-order chi connectivity index (χ0) is 20.2. The lowest BCUT2D eigenvalue weighted by Gasteiger charge is -2.18. The highest BCUT2D eigenvalue weighted by Crippen LogP contribution is 2.31. The van der Waals surface area contributed by atoms with Crippen LogP contribution in [0.5, 0.6) is 11.5 Å². The zero-order valence-corrected chi connectivity index (χ0v) is 16.4. The third-order valence-electron chi connectivity index (χ3n) is 4.16. The molecule has 0 unspecified atom stereocenters.